The van der Waals surface area contributed by atoms with Gasteiger partial charge in [0.05, 0.1) is 16.5 Å². The molecule has 0 aliphatic heterocycles. The summed E-state index contributed by atoms with van der Waals surface area (Å²) in [5, 5.41) is 12.1. The normalized spacial score (nSPS) is 12.3. The van der Waals surface area contributed by atoms with E-state index in [1.807, 2.05) is 23.6 Å². The standard InChI is InChI=1S/C18H20ClN5O2S/c1-11(2)10-24-16(14-5-4-8-26-14)22-23-18(24)27-12(3)17(25)21-15-7-6-13(19)9-20-15/h4-9,11-12H,10H2,1-3H3,(H,20,21,25). The number of halogens is 1. The van der Waals surface area contributed by atoms with Crippen LogP contribution in [0.2, 0.25) is 5.02 Å². The molecule has 1 amide bonds. The lowest BCUT2D eigenvalue weighted by Gasteiger charge is -2.14. The number of thioether (sulfide) groups is 1. The number of hydrogen-bond donors (Lipinski definition) is 1. The van der Waals surface area contributed by atoms with Crippen LogP contribution in [0.1, 0.15) is 20.8 Å². The zero-order chi connectivity index (χ0) is 19.4. The number of rotatable bonds is 7. The van der Waals surface area contributed by atoms with Crippen molar-refractivity contribution in [3.05, 3.63) is 41.7 Å². The van der Waals surface area contributed by atoms with Gasteiger partial charge in [0.2, 0.25) is 5.91 Å². The van der Waals surface area contributed by atoms with Crippen molar-refractivity contribution in [2.75, 3.05) is 5.32 Å². The summed E-state index contributed by atoms with van der Waals surface area (Å²) in [4.78, 5) is 16.6. The monoisotopic (exact) mass is 405 g/mol. The van der Waals surface area contributed by atoms with Crippen LogP contribution in [0.15, 0.2) is 46.3 Å². The van der Waals surface area contributed by atoms with Crippen molar-refractivity contribution in [3.8, 4) is 11.6 Å². The molecule has 3 aromatic heterocycles. The number of anilines is 1. The summed E-state index contributed by atoms with van der Waals surface area (Å²) < 4.78 is 7.45. The maximum absolute atomic E-state index is 12.5. The number of carbonyl (C=O) groups is 1. The molecule has 1 unspecified atom stereocenters. The Morgan fingerprint density at radius 2 is 2.11 bits per heavy atom. The molecule has 1 atom stereocenters. The van der Waals surface area contributed by atoms with Crippen LogP contribution in [-0.2, 0) is 11.3 Å². The van der Waals surface area contributed by atoms with Crippen molar-refractivity contribution in [3.63, 3.8) is 0 Å². The molecule has 0 bridgehead atoms. The van der Waals surface area contributed by atoms with Crippen molar-refractivity contribution in [1.82, 2.24) is 19.7 Å². The molecule has 9 heteroatoms. The van der Waals surface area contributed by atoms with Gasteiger partial charge in [-0.05, 0) is 37.1 Å². The van der Waals surface area contributed by atoms with Crippen LogP contribution >= 0.6 is 23.4 Å². The van der Waals surface area contributed by atoms with Crippen LogP contribution in [0.25, 0.3) is 11.6 Å². The Morgan fingerprint density at radius 3 is 2.74 bits per heavy atom. The van der Waals surface area contributed by atoms with E-state index in [2.05, 4.69) is 34.3 Å². The Kier molecular flexibility index (Phi) is 6.18. The second-order valence-corrected chi connectivity index (χ2v) is 8.14. The molecular formula is C18H20ClN5O2S. The van der Waals surface area contributed by atoms with E-state index in [9.17, 15) is 4.79 Å². The highest BCUT2D eigenvalue weighted by molar-refractivity contribution is 8.00. The number of nitrogens with zero attached hydrogens (tertiary/aromatic N) is 4. The van der Waals surface area contributed by atoms with Crippen LogP contribution in [0, 0.1) is 5.92 Å². The van der Waals surface area contributed by atoms with Gasteiger partial charge in [0.1, 0.15) is 5.82 Å². The summed E-state index contributed by atoms with van der Waals surface area (Å²) in [6.45, 7) is 6.76. The minimum atomic E-state index is -0.387. The number of nitrogens with one attached hydrogen (secondary N) is 1. The third-order valence-electron chi connectivity index (χ3n) is 3.64. The molecule has 3 aromatic rings. The fraction of sp³-hybridized carbons (Fsp3) is 0.333. The van der Waals surface area contributed by atoms with E-state index in [-0.39, 0.29) is 11.2 Å². The van der Waals surface area contributed by atoms with Crippen LogP contribution in [0.4, 0.5) is 5.82 Å². The third kappa shape index (κ3) is 4.90. The van der Waals surface area contributed by atoms with E-state index in [0.717, 1.165) is 6.54 Å². The molecule has 0 saturated carbocycles. The van der Waals surface area contributed by atoms with E-state index in [1.165, 1.54) is 18.0 Å². The predicted molar refractivity (Wildman–Crippen MR) is 106 cm³/mol. The molecule has 3 heterocycles. The number of carbonyl (C=O) groups excluding carboxylic acids is 1. The fourth-order valence-electron chi connectivity index (χ4n) is 2.38. The Hall–Kier alpha value is -2.32. The first-order valence-electron chi connectivity index (χ1n) is 8.50. The topological polar surface area (TPSA) is 85.8 Å². The average Bonchev–Trinajstić information content (AvgIpc) is 3.27. The van der Waals surface area contributed by atoms with Crippen molar-refractivity contribution in [2.45, 2.75) is 37.7 Å². The second-order valence-electron chi connectivity index (χ2n) is 6.40. The number of amides is 1. The predicted octanol–water partition coefficient (Wildman–Crippen LogP) is 4.36. The highest BCUT2D eigenvalue weighted by atomic mass is 35.5. The number of furan rings is 1. The first-order valence-corrected chi connectivity index (χ1v) is 9.76. The Morgan fingerprint density at radius 1 is 1.30 bits per heavy atom. The zero-order valence-electron chi connectivity index (χ0n) is 15.2. The Balaban J connectivity index is 1.75. The van der Waals surface area contributed by atoms with Crippen LogP contribution in [0.3, 0.4) is 0 Å². The highest BCUT2D eigenvalue weighted by Gasteiger charge is 2.22. The van der Waals surface area contributed by atoms with E-state index in [1.54, 1.807) is 18.4 Å². The van der Waals surface area contributed by atoms with Gasteiger partial charge >= 0.3 is 0 Å². The Bertz CT molecular complexity index is 893. The minimum Gasteiger partial charge on any atom is -0.461 e. The van der Waals surface area contributed by atoms with E-state index in [0.29, 0.717) is 33.5 Å². The van der Waals surface area contributed by atoms with Gasteiger partial charge in [-0.1, -0.05) is 37.2 Å². The Labute approximate surface area is 166 Å². The summed E-state index contributed by atoms with van der Waals surface area (Å²) in [5.74, 6) is 1.97. The number of pyridine rings is 1. The average molecular weight is 406 g/mol. The summed E-state index contributed by atoms with van der Waals surface area (Å²) in [5.41, 5.74) is 0. The quantitative estimate of drug-likeness (QED) is 0.587. The van der Waals surface area contributed by atoms with Gasteiger partial charge in [0.15, 0.2) is 16.7 Å². The molecule has 142 valence electrons. The molecule has 27 heavy (non-hydrogen) atoms. The molecule has 0 aliphatic rings. The fourth-order valence-corrected chi connectivity index (χ4v) is 3.35. The lowest BCUT2D eigenvalue weighted by atomic mass is 10.2. The lowest BCUT2D eigenvalue weighted by molar-refractivity contribution is -0.115. The summed E-state index contributed by atoms with van der Waals surface area (Å²) in [6.07, 6.45) is 3.09. The summed E-state index contributed by atoms with van der Waals surface area (Å²) >= 11 is 7.16. The highest BCUT2D eigenvalue weighted by Crippen LogP contribution is 2.28. The van der Waals surface area contributed by atoms with Gasteiger partial charge in [0, 0.05) is 12.7 Å². The van der Waals surface area contributed by atoms with Crippen LogP contribution in [-0.4, -0.2) is 30.9 Å². The number of hydrogen-bond acceptors (Lipinski definition) is 6. The van der Waals surface area contributed by atoms with E-state index in [4.69, 9.17) is 16.0 Å². The van der Waals surface area contributed by atoms with Gasteiger partial charge in [0.25, 0.3) is 0 Å². The second kappa shape index (κ2) is 8.58. The maximum atomic E-state index is 12.5. The van der Waals surface area contributed by atoms with Gasteiger partial charge in [-0.3, -0.25) is 9.36 Å². The minimum absolute atomic E-state index is 0.173. The molecule has 3 rings (SSSR count). The van der Waals surface area contributed by atoms with E-state index < -0.39 is 0 Å². The maximum Gasteiger partial charge on any atom is 0.238 e. The van der Waals surface area contributed by atoms with Crippen LogP contribution in [0.5, 0.6) is 0 Å². The third-order valence-corrected chi connectivity index (χ3v) is 4.94. The first kappa shape index (κ1) is 19.4. The van der Waals surface area contributed by atoms with Gasteiger partial charge in [-0.25, -0.2) is 4.98 Å². The molecule has 7 nitrogen and oxygen atoms in total. The SMILES string of the molecule is CC(C)Cn1c(SC(C)C(=O)Nc2ccc(Cl)cn2)nnc1-c1ccco1. The number of aromatic nitrogens is 4. The first-order chi connectivity index (χ1) is 12.9. The molecule has 1 N–H and O–H groups in total. The zero-order valence-corrected chi connectivity index (χ0v) is 16.8. The molecule has 0 saturated heterocycles. The molecule has 0 fully saturated rings. The molecular weight excluding hydrogens is 386 g/mol. The molecule has 0 aliphatic carbocycles. The van der Waals surface area contributed by atoms with Crippen molar-refractivity contribution >= 4 is 35.1 Å². The van der Waals surface area contributed by atoms with Crippen LogP contribution < -0.4 is 5.32 Å². The van der Waals surface area contributed by atoms with E-state index >= 15 is 0 Å². The largest absolute Gasteiger partial charge is 0.461 e. The van der Waals surface area contributed by atoms with Gasteiger partial charge < -0.3 is 9.73 Å². The lowest BCUT2D eigenvalue weighted by Crippen LogP contribution is -2.23. The summed E-state index contributed by atoms with van der Waals surface area (Å²) in [6, 6.07) is 6.99. The van der Waals surface area contributed by atoms with Crippen molar-refractivity contribution < 1.29 is 9.21 Å². The van der Waals surface area contributed by atoms with Gasteiger partial charge in [-0.15, -0.1) is 10.2 Å². The smallest absolute Gasteiger partial charge is 0.238 e. The van der Waals surface area contributed by atoms with Crippen molar-refractivity contribution in [1.29, 1.82) is 0 Å². The van der Waals surface area contributed by atoms with Gasteiger partial charge in [-0.2, -0.15) is 0 Å². The van der Waals surface area contributed by atoms with Crippen molar-refractivity contribution in [2.24, 2.45) is 5.92 Å². The molecule has 0 radical (unpaired) electrons. The molecule has 0 spiro atoms. The summed E-state index contributed by atoms with van der Waals surface area (Å²) in [7, 11) is 0. The molecule has 0 aromatic carbocycles.